The Kier molecular flexibility index (Phi) is 6.02. The van der Waals surface area contributed by atoms with Crippen LogP contribution < -0.4 is 27.4 Å². The predicted octanol–water partition coefficient (Wildman–Crippen LogP) is 0.748. The third-order valence-corrected chi connectivity index (χ3v) is 6.90. The third kappa shape index (κ3) is 3.91. The molecule has 1 saturated heterocycles. The number of anilines is 1. The molecule has 2 N–H and O–H groups in total. The van der Waals surface area contributed by atoms with Crippen LogP contribution in [0.15, 0.2) is 44.7 Å². The molecule has 0 amide bonds. The van der Waals surface area contributed by atoms with Crippen molar-refractivity contribution < 1.29 is 0 Å². The van der Waals surface area contributed by atoms with Crippen LogP contribution in [0.3, 0.4) is 0 Å². The number of rotatable bonds is 4. The van der Waals surface area contributed by atoms with Gasteiger partial charge in [-0.1, -0.05) is 12.0 Å². The maximum Gasteiger partial charge on any atom is 0.332 e. The highest BCUT2D eigenvalue weighted by Crippen LogP contribution is 2.23. The molecule has 4 aromatic rings. The summed E-state index contributed by atoms with van der Waals surface area (Å²) in [5.41, 5.74) is 7.50. The second-order valence-electron chi connectivity index (χ2n) is 9.30. The molecule has 10 nitrogen and oxygen atoms in total. The summed E-state index contributed by atoms with van der Waals surface area (Å²) < 4.78 is 6.02. The van der Waals surface area contributed by atoms with Crippen molar-refractivity contribution in [3.63, 3.8) is 0 Å². The lowest BCUT2D eigenvalue weighted by Crippen LogP contribution is -2.44. The first-order valence-corrected chi connectivity index (χ1v) is 12.0. The van der Waals surface area contributed by atoms with Crippen molar-refractivity contribution in [3.05, 3.63) is 67.1 Å². The zero-order valence-corrected chi connectivity index (χ0v) is 20.7. The lowest BCUT2D eigenvalue weighted by molar-refractivity contribution is 0.496. The van der Waals surface area contributed by atoms with Gasteiger partial charge >= 0.3 is 5.69 Å². The highest BCUT2D eigenvalue weighted by molar-refractivity contribution is 5.79. The first kappa shape index (κ1) is 23.6. The van der Waals surface area contributed by atoms with E-state index in [2.05, 4.69) is 16.7 Å². The van der Waals surface area contributed by atoms with Crippen molar-refractivity contribution >= 4 is 28.0 Å². The van der Waals surface area contributed by atoms with Gasteiger partial charge in [0.25, 0.3) is 11.1 Å². The number of aryl methyl sites for hydroxylation is 2. The number of aromatic nitrogens is 5. The largest absolute Gasteiger partial charge is 0.341 e. The molecule has 1 aromatic carbocycles. The van der Waals surface area contributed by atoms with Crippen molar-refractivity contribution in [2.75, 3.05) is 18.0 Å². The minimum absolute atomic E-state index is 0.0251. The van der Waals surface area contributed by atoms with Gasteiger partial charge in [0.1, 0.15) is 0 Å². The van der Waals surface area contributed by atoms with Gasteiger partial charge in [0.2, 0.25) is 5.95 Å². The van der Waals surface area contributed by atoms with E-state index in [1.165, 1.54) is 15.2 Å². The molecule has 36 heavy (non-hydrogen) atoms. The van der Waals surface area contributed by atoms with E-state index in [0.717, 1.165) is 35.9 Å². The van der Waals surface area contributed by atoms with Crippen LogP contribution in [0, 0.1) is 11.8 Å². The summed E-state index contributed by atoms with van der Waals surface area (Å²) >= 11 is 0. The Labute approximate surface area is 207 Å². The Balaban J connectivity index is 1.67. The van der Waals surface area contributed by atoms with Gasteiger partial charge in [-0.15, -0.1) is 5.92 Å². The number of hydrogen-bond donors (Lipinski definition) is 1. The Morgan fingerprint density at radius 2 is 1.89 bits per heavy atom. The van der Waals surface area contributed by atoms with Crippen LogP contribution in [0.5, 0.6) is 0 Å². The maximum absolute atomic E-state index is 13.8. The van der Waals surface area contributed by atoms with Gasteiger partial charge in [-0.3, -0.25) is 23.3 Å². The average Bonchev–Trinajstić information content (AvgIpc) is 3.26. The molecule has 5 rings (SSSR count). The molecule has 1 atom stereocenters. The molecule has 0 bridgehead atoms. The molecule has 1 unspecified atom stereocenters. The van der Waals surface area contributed by atoms with Crippen molar-refractivity contribution in [1.29, 1.82) is 0 Å². The second kappa shape index (κ2) is 9.17. The zero-order chi connectivity index (χ0) is 25.6. The predicted molar refractivity (Wildman–Crippen MR) is 140 cm³/mol. The van der Waals surface area contributed by atoms with Gasteiger partial charge in [0, 0.05) is 39.3 Å². The molecular formula is C26H29N7O3. The number of imidazole rings is 1. The van der Waals surface area contributed by atoms with E-state index in [1.807, 2.05) is 18.2 Å². The van der Waals surface area contributed by atoms with Crippen LogP contribution >= 0.6 is 0 Å². The molecular weight excluding hydrogens is 458 g/mol. The van der Waals surface area contributed by atoms with Crippen LogP contribution in [-0.2, 0) is 27.2 Å². The topological polar surface area (TPSA) is 113 Å². The first-order valence-electron chi connectivity index (χ1n) is 12.0. The lowest BCUT2D eigenvalue weighted by Gasteiger charge is -2.31. The standard InChI is InChI=1S/C26H29N7O3/c1-4-5-13-32-22-23(28-25(32)31-12-6-7-19(27)16-31)30(3)26(36)33(24(22)35)15-17-8-10-20-18(14-17)9-11-21(34)29(20)2/h8-11,14,19H,6-7,12-13,15-16,27H2,1-3H3. The first-order chi connectivity index (χ1) is 17.3. The van der Waals surface area contributed by atoms with E-state index in [1.54, 1.807) is 36.2 Å². The number of nitrogens with zero attached hydrogens (tertiary/aromatic N) is 6. The Hall–Kier alpha value is -4.10. The van der Waals surface area contributed by atoms with Gasteiger partial charge in [-0.05, 0) is 48.9 Å². The van der Waals surface area contributed by atoms with Gasteiger partial charge in [0.05, 0.1) is 18.6 Å². The SMILES string of the molecule is CC#CCn1c(N2CCCC(N)C2)nc2c1c(=O)n(Cc1ccc3c(ccc(=O)n3C)c1)c(=O)n2C. The normalized spacial score (nSPS) is 15.9. The lowest BCUT2D eigenvalue weighted by atomic mass is 10.1. The summed E-state index contributed by atoms with van der Waals surface area (Å²) in [6.07, 6.45) is 1.87. The zero-order valence-electron chi connectivity index (χ0n) is 20.7. The monoisotopic (exact) mass is 487 g/mol. The minimum atomic E-state index is -0.443. The molecule has 1 aliphatic heterocycles. The number of fused-ring (bicyclic) bond motifs is 2. The quantitative estimate of drug-likeness (QED) is 0.425. The van der Waals surface area contributed by atoms with Gasteiger partial charge in [-0.25, -0.2) is 4.79 Å². The molecule has 1 fully saturated rings. The summed E-state index contributed by atoms with van der Waals surface area (Å²) in [7, 11) is 3.34. The number of hydrogen-bond acceptors (Lipinski definition) is 6. The van der Waals surface area contributed by atoms with E-state index in [9.17, 15) is 14.4 Å². The molecule has 0 saturated carbocycles. The van der Waals surface area contributed by atoms with Gasteiger partial charge < -0.3 is 15.2 Å². The van der Waals surface area contributed by atoms with Crippen molar-refractivity contribution in [2.24, 2.45) is 19.8 Å². The number of benzene rings is 1. The van der Waals surface area contributed by atoms with Crippen LogP contribution in [0.4, 0.5) is 5.95 Å². The second-order valence-corrected chi connectivity index (χ2v) is 9.30. The van der Waals surface area contributed by atoms with Crippen LogP contribution in [0.2, 0.25) is 0 Å². The molecule has 1 aliphatic rings. The van der Waals surface area contributed by atoms with Crippen molar-refractivity contribution in [3.8, 4) is 11.8 Å². The fourth-order valence-electron chi connectivity index (χ4n) is 4.96. The fraction of sp³-hybridized carbons (Fsp3) is 0.385. The minimum Gasteiger partial charge on any atom is -0.341 e. The van der Waals surface area contributed by atoms with Crippen molar-refractivity contribution in [2.45, 2.75) is 38.9 Å². The van der Waals surface area contributed by atoms with E-state index in [4.69, 9.17) is 10.7 Å². The fourth-order valence-corrected chi connectivity index (χ4v) is 4.96. The van der Waals surface area contributed by atoms with Crippen LogP contribution in [0.1, 0.15) is 25.3 Å². The van der Waals surface area contributed by atoms with Crippen molar-refractivity contribution in [1.82, 2.24) is 23.3 Å². The van der Waals surface area contributed by atoms with Gasteiger partial charge in [0.15, 0.2) is 11.2 Å². The van der Waals surface area contributed by atoms with Gasteiger partial charge in [-0.2, -0.15) is 4.98 Å². The Morgan fingerprint density at radius 3 is 2.64 bits per heavy atom. The van der Waals surface area contributed by atoms with E-state index in [0.29, 0.717) is 23.7 Å². The summed E-state index contributed by atoms with van der Waals surface area (Å²) in [6.45, 7) is 3.53. The molecule has 0 spiro atoms. The summed E-state index contributed by atoms with van der Waals surface area (Å²) in [5.74, 6) is 6.55. The maximum atomic E-state index is 13.8. The summed E-state index contributed by atoms with van der Waals surface area (Å²) in [5, 5.41) is 0.854. The van der Waals surface area contributed by atoms with Crippen LogP contribution in [0.25, 0.3) is 22.1 Å². The van der Waals surface area contributed by atoms with E-state index < -0.39 is 11.2 Å². The number of pyridine rings is 1. The average molecular weight is 488 g/mol. The molecule has 0 radical (unpaired) electrons. The molecule has 4 heterocycles. The smallest absolute Gasteiger partial charge is 0.332 e. The Morgan fingerprint density at radius 1 is 1.08 bits per heavy atom. The van der Waals surface area contributed by atoms with E-state index in [-0.39, 0.29) is 24.7 Å². The highest BCUT2D eigenvalue weighted by atomic mass is 16.2. The number of nitrogens with two attached hydrogens (primary N) is 1. The highest BCUT2D eigenvalue weighted by Gasteiger charge is 2.26. The summed E-state index contributed by atoms with van der Waals surface area (Å²) in [4.78, 5) is 45.8. The van der Waals surface area contributed by atoms with E-state index >= 15 is 0 Å². The number of piperidine rings is 1. The Bertz CT molecular complexity index is 1730. The third-order valence-electron chi connectivity index (χ3n) is 6.90. The molecule has 0 aliphatic carbocycles. The van der Waals surface area contributed by atoms with Crippen LogP contribution in [-0.4, -0.2) is 42.4 Å². The molecule has 10 heteroatoms. The molecule has 3 aromatic heterocycles. The molecule has 186 valence electrons. The summed E-state index contributed by atoms with van der Waals surface area (Å²) in [6, 6.07) is 8.84.